The number of nitrogens with zero attached hydrogens (tertiary/aromatic N) is 2. The predicted octanol–water partition coefficient (Wildman–Crippen LogP) is 4.87. The van der Waals surface area contributed by atoms with Gasteiger partial charge in [-0.15, -0.1) is 6.58 Å². The van der Waals surface area contributed by atoms with E-state index in [2.05, 4.69) is 29.7 Å². The minimum Gasteiger partial charge on any atom is -0.508 e. The van der Waals surface area contributed by atoms with Crippen LogP contribution in [0.4, 0.5) is 0 Å². The number of rotatable bonds is 7. The van der Waals surface area contributed by atoms with Gasteiger partial charge in [0.2, 0.25) is 5.91 Å². The number of carbonyl (C=O) groups excluding carboxylic acids is 1. The number of hydrogen-bond donors (Lipinski definition) is 1. The molecule has 180 valence electrons. The summed E-state index contributed by atoms with van der Waals surface area (Å²) in [7, 11) is 3.64. The Labute approximate surface area is 203 Å². The number of piperidine rings is 1. The molecule has 1 aliphatic heterocycles. The highest BCUT2D eigenvalue weighted by Crippen LogP contribution is 2.50. The third kappa shape index (κ3) is 5.05. The van der Waals surface area contributed by atoms with Gasteiger partial charge >= 0.3 is 0 Å². The highest BCUT2D eigenvalue weighted by Gasteiger charge is 2.49. The normalized spacial score (nSPS) is 25.0. The second-order valence-electron chi connectivity index (χ2n) is 9.70. The number of amides is 1. The fourth-order valence-electron chi connectivity index (χ4n) is 5.89. The van der Waals surface area contributed by atoms with Crippen molar-refractivity contribution in [2.75, 3.05) is 33.8 Å². The molecule has 1 saturated heterocycles. The first kappa shape index (κ1) is 24.1. The molecule has 0 bridgehead atoms. The average molecular weight is 461 g/mol. The van der Waals surface area contributed by atoms with Gasteiger partial charge < -0.3 is 14.7 Å². The van der Waals surface area contributed by atoms with Crippen LogP contribution < -0.4 is 4.74 Å². The van der Waals surface area contributed by atoms with Crippen LogP contribution in [0.2, 0.25) is 0 Å². The third-order valence-electron chi connectivity index (χ3n) is 7.80. The van der Waals surface area contributed by atoms with Crippen molar-refractivity contribution >= 4 is 12.0 Å². The summed E-state index contributed by atoms with van der Waals surface area (Å²) in [6, 6.07) is 15.6. The molecule has 2 fully saturated rings. The number of methoxy groups -OCH3 is 1. The topological polar surface area (TPSA) is 53.0 Å². The van der Waals surface area contributed by atoms with E-state index in [-0.39, 0.29) is 23.1 Å². The molecule has 1 aliphatic carbocycles. The Balaban J connectivity index is 1.56. The monoisotopic (exact) mass is 460 g/mol. The first-order valence-corrected chi connectivity index (χ1v) is 12.2. The molecule has 5 heteroatoms. The molecule has 5 nitrogen and oxygen atoms in total. The van der Waals surface area contributed by atoms with Crippen molar-refractivity contribution in [1.82, 2.24) is 9.80 Å². The molecule has 0 spiro atoms. The van der Waals surface area contributed by atoms with Gasteiger partial charge in [0.15, 0.2) is 0 Å². The highest BCUT2D eigenvalue weighted by atomic mass is 16.5. The molecular weight excluding hydrogens is 424 g/mol. The number of likely N-dealkylation sites (N-methyl/N-ethyl adjacent to an activating group) is 1. The van der Waals surface area contributed by atoms with Crippen LogP contribution in [-0.4, -0.2) is 60.6 Å². The third-order valence-corrected chi connectivity index (χ3v) is 7.80. The summed E-state index contributed by atoms with van der Waals surface area (Å²) in [4.78, 5) is 17.5. The van der Waals surface area contributed by atoms with Gasteiger partial charge in [-0.05, 0) is 79.6 Å². The Morgan fingerprint density at radius 3 is 2.85 bits per heavy atom. The van der Waals surface area contributed by atoms with E-state index in [0.29, 0.717) is 5.92 Å². The van der Waals surface area contributed by atoms with E-state index >= 15 is 0 Å². The van der Waals surface area contributed by atoms with E-state index in [1.807, 2.05) is 30.2 Å². The summed E-state index contributed by atoms with van der Waals surface area (Å²) in [5.41, 5.74) is 2.17. The van der Waals surface area contributed by atoms with Gasteiger partial charge in [0, 0.05) is 37.7 Å². The molecule has 1 N–H and O–H groups in total. The first-order chi connectivity index (χ1) is 16.4. The lowest BCUT2D eigenvalue weighted by atomic mass is 9.57. The van der Waals surface area contributed by atoms with Gasteiger partial charge in [-0.25, -0.2) is 0 Å². The van der Waals surface area contributed by atoms with Crippen LogP contribution in [0.3, 0.4) is 0 Å². The lowest BCUT2D eigenvalue weighted by Gasteiger charge is -2.54. The van der Waals surface area contributed by atoms with Gasteiger partial charge in [0.05, 0.1) is 7.11 Å². The van der Waals surface area contributed by atoms with E-state index in [9.17, 15) is 9.90 Å². The zero-order chi connectivity index (χ0) is 24.1. The summed E-state index contributed by atoms with van der Waals surface area (Å²) in [5, 5.41) is 9.68. The lowest BCUT2D eigenvalue weighted by molar-refractivity contribution is -0.128. The summed E-state index contributed by atoms with van der Waals surface area (Å²) >= 11 is 0. The number of carbonyl (C=O) groups is 1. The fraction of sp³-hybridized carbons (Fsp3) is 0.414. The van der Waals surface area contributed by atoms with Crippen LogP contribution in [0.1, 0.15) is 36.8 Å². The van der Waals surface area contributed by atoms with Crippen molar-refractivity contribution in [3.05, 3.63) is 78.4 Å². The minimum atomic E-state index is -0.00308. The van der Waals surface area contributed by atoms with E-state index < -0.39 is 0 Å². The van der Waals surface area contributed by atoms with Gasteiger partial charge in [-0.1, -0.05) is 30.3 Å². The van der Waals surface area contributed by atoms with E-state index in [0.717, 1.165) is 56.6 Å². The molecule has 0 unspecified atom stereocenters. The molecule has 34 heavy (non-hydrogen) atoms. The van der Waals surface area contributed by atoms with Crippen LogP contribution in [0.25, 0.3) is 6.08 Å². The number of fused-ring (bicyclic) bond motifs is 1. The number of phenolic OH excluding ortho intramolecular Hbond substituents is 1. The van der Waals surface area contributed by atoms with E-state index in [4.69, 9.17) is 4.74 Å². The van der Waals surface area contributed by atoms with Gasteiger partial charge in [-0.2, -0.15) is 0 Å². The fourth-order valence-corrected chi connectivity index (χ4v) is 5.89. The molecule has 3 atom stereocenters. The number of phenols is 1. The van der Waals surface area contributed by atoms with Crippen molar-refractivity contribution in [3.63, 3.8) is 0 Å². The SMILES string of the molecule is C=CCN1CC[C@@]2(c3cccc(OC)c3)C[C@@H](N(C)C(=O)C=Cc3cccc(O)c3)CC[C@@H]2C1. The smallest absolute Gasteiger partial charge is 0.246 e. The predicted molar refractivity (Wildman–Crippen MR) is 137 cm³/mol. The Hall–Kier alpha value is -3.05. The molecule has 2 aromatic carbocycles. The van der Waals surface area contributed by atoms with Crippen molar-refractivity contribution in [1.29, 1.82) is 0 Å². The number of aromatic hydroxyl groups is 1. The molecule has 2 aliphatic rings. The zero-order valence-electron chi connectivity index (χ0n) is 20.3. The Morgan fingerprint density at radius 1 is 1.26 bits per heavy atom. The molecule has 2 aromatic rings. The molecule has 1 amide bonds. The number of ether oxygens (including phenoxy) is 1. The Morgan fingerprint density at radius 2 is 2.09 bits per heavy atom. The molecule has 0 aromatic heterocycles. The van der Waals surface area contributed by atoms with Gasteiger partial charge in [0.1, 0.15) is 11.5 Å². The summed E-state index contributed by atoms with van der Waals surface area (Å²) in [5.74, 6) is 1.62. The van der Waals surface area contributed by atoms with Crippen LogP contribution >= 0.6 is 0 Å². The van der Waals surface area contributed by atoms with E-state index in [1.54, 1.807) is 37.5 Å². The Bertz CT molecular complexity index is 1050. The van der Waals surface area contributed by atoms with Crippen LogP contribution in [0, 0.1) is 5.92 Å². The maximum absolute atomic E-state index is 13.1. The minimum absolute atomic E-state index is 0.00308. The van der Waals surface area contributed by atoms with Gasteiger partial charge in [-0.3, -0.25) is 9.69 Å². The zero-order valence-corrected chi connectivity index (χ0v) is 20.3. The van der Waals surface area contributed by atoms with Crippen molar-refractivity contribution in [2.45, 2.75) is 37.1 Å². The quantitative estimate of drug-likeness (QED) is 0.473. The summed E-state index contributed by atoms with van der Waals surface area (Å²) in [6.45, 7) is 6.95. The van der Waals surface area contributed by atoms with Crippen molar-refractivity contribution in [2.24, 2.45) is 5.92 Å². The van der Waals surface area contributed by atoms with Crippen molar-refractivity contribution in [3.8, 4) is 11.5 Å². The van der Waals surface area contributed by atoms with Crippen molar-refractivity contribution < 1.29 is 14.6 Å². The second kappa shape index (κ2) is 10.5. The number of hydrogen-bond acceptors (Lipinski definition) is 4. The molecule has 1 saturated carbocycles. The molecule has 4 rings (SSSR count). The largest absolute Gasteiger partial charge is 0.508 e. The first-order valence-electron chi connectivity index (χ1n) is 12.2. The second-order valence-corrected chi connectivity index (χ2v) is 9.70. The average Bonchev–Trinajstić information content (AvgIpc) is 2.86. The highest BCUT2D eigenvalue weighted by molar-refractivity contribution is 5.91. The molecular formula is C29H36N2O3. The molecule has 0 radical (unpaired) electrons. The standard InChI is InChI=1S/C29H36N2O3/c1-4-16-31-17-15-29(23-8-6-10-27(19-23)34-3)20-25(13-12-24(29)21-31)30(2)28(33)14-11-22-7-5-9-26(32)18-22/h4-11,14,18-19,24-25,32H,1,12-13,15-17,20-21H2,2-3H3/t24-,25+,29+/m1/s1. The maximum atomic E-state index is 13.1. The lowest BCUT2D eigenvalue weighted by Crippen LogP contribution is -2.56. The Kier molecular flexibility index (Phi) is 7.42. The number of benzene rings is 2. The van der Waals surface area contributed by atoms with Crippen LogP contribution in [0.5, 0.6) is 11.5 Å². The van der Waals surface area contributed by atoms with Gasteiger partial charge in [0.25, 0.3) is 0 Å². The molecule has 1 heterocycles. The maximum Gasteiger partial charge on any atom is 0.246 e. The summed E-state index contributed by atoms with van der Waals surface area (Å²) in [6.07, 6.45) is 9.49. The van der Waals surface area contributed by atoms with E-state index in [1.165, 1.54) is 5.56 Å². The van der Waals surface area contributed by atoms with Crippen LogP contribution in [0.15, 0.2) is 67.3 Å². The number of likely N-dealkylation sites (tertiary alicyclic amines) is 1. The summed E-state index contributed by atoms with van der Waals surface area (Å²) < 4.78 is 5.56. The van der Waals surface area contributed by atoms with Crippen LogP contribution in [-0.2, 0) is 10.2 Å².